The van der Waals surface area contributed by atoms with Crippen LogP contribution in [0.3, 0.4) is 0 Å². The number of nitrogens with one attached hydrogen (secondary N) is 1. The summed E-state index contributed by atoms with van der Waals surface area (Å²) in [4.78, 5) is 48.4. The number of nitro groups is 1. The molecule has 3 rings (SSSR count). The fourth-order valence-electron chi connectivity index (χ4n) is 2.59. The largest absolute Gasteiger partial charge is 0.457 e. The number of aromatic amines is 1. The van der Waals surface area contributed by atoms with Gasteiger partial charge in [0.1, 0.15) is 17.2 Å². The predicted octanol–water partition coefficient (Wildman–Crippen LogP) is 2.60. The highest BCUT2D eigenvalue weighted by atomic mass is 35.5. The second-order valence-corrected chi connectivity index (χ2v) is 6.47. The highest BCUT2D eigenvalue weighted by molar-refractivity contribution is 6.31. The Morgan fingerprint density at radius 1 is 1.06 bits per heavy atom. The van der Waals surface area contributed by atoms with Crippen molar-refractivity contribution in [2.45, 2.75) is 6.18 Å². The minimum absolute atomic E-state index is 0.139. The number of aromatic nitrogens is 3. The molecule has 3 aromatic rings. The quantitative estimate of drug-likeness (QED) is 0.472. The fourth-order valence-corrected chi connectivity index (χ4v) is 2.87. The van der Waals surface area contributed by atoms with Crippen molar-refractivity contribution in [1.29, 1.82) is 0 Å². The van der Waals surface area contributed by atoms with Crippen molar-refractivity contribution in [3.63, 3.8) is 0 Å². The Kier molecular flexibility index (Phi) is 5.46. The molecule has 0 aliphatic rings. The van der Waals surface area contributed by atoms with Crippen LogP contribution >= 0.6 is 11.6 Å². The lowest BCUT2D eigenvalue weighted by atomic mass is 10.2. The molecule has 0 spiro atoms. The number of H-pyrrole nitrogens is 1. The number of ether oxygens (including phenoxy) is 1. The molecule has 0 saturated carbocycles. The van der Waals surface area contributed by atoms with Gasteiger partial charge in [0.25, 0.3) is 5.69 Å². The summed E-state index contributed by atoms with van der Waals surface area (Å²) in [5.41, 5.74) is -5.70. The van der Waals surface area contributed by atoms with Crippen molar-refractivity contribution >= 4 is 17.3 Å². The van der Waals surface area contributed by atoms with Gasteiger partial charge < -0.3 is 4.74 Å². The van der Waals surface area contributed by atoms with Gasteiger partial charge in [-0.3, -0.25) is 15.1 Å². The lowest BCUT2D eigenvalue weighted by molar-refractivity contribution is -0.384. The number of halogens is 4. The van der Waals surface area contributed by atoms with Crippen LogP contribution in [0.2, 0.25) is 5.02 Å². The Morgan fingerprint density at radius 2 is 1.68 bits per heavy atom. The molecule has 0 radical (unpaired) electrons. The van der Waals surface area contributed by atoms with Crippen molar-refractivity contribution in [1.82, 2.24) is 14.1 Å². The highest BCUT2D eigenvalue weighted by Gasteiger charge is 2.33. The number of nitrogens with zero attached hydrogens (tertiary/aromatic N) is 3. The number of benzene rings is 2. The van der Waals surface area contributed by atoms with Crippen LogP contribution in [0.4, 0.5) is 18.9 Å². The van der Waals surface area contributed by atoms with Crippen molar-refractivity contribution in [3.05, 3.63) is 88.6 Å². The SMILES string of the molecule is Cn1c(=O)[nH]c(=O)n(-c2cc(Oc3ccc(C(F)(F)F)c(Cl)c3)ccc2[N+](=O)[O-])c1=O. The van der Waals surface area contributed by atoms with Gasteiger partial charge in [0, 0.05) is 25.2 Å². The normalized spacial score (nSPS) is 11.4. The van der Waals surface area contributed by atoms with E-state index in [1.165, 1.54) is 0 Å². The molecule has 0 fully saturated rings. The second-order valence-electron chi connectivity index (χ2n) is 6.06. The van der Waals surface area contributed by atoms with Crippen molar-refractivity contribution in [2.75, 3.05) is 0 Å². The van der Waals surface area contributed by atoms with Gasteiger partial charge in [0.15, 0.2) is 0 Å². The standard InChI is InChI=1S/C17H10ClF3N4O6/c1-23-14(26)22-15(27)24(16(23)28)13-7-9(3-5-12(13)25(29)30)31-8-2-4-10(11(18)6-8)17(19,20)21/h2-7H,1H3,(H,22,26,27). The minimum atomic E-state index is -4.68. The van der Waals surface area contributed by atoms with Gasteiger partial charge >= 0.3 is 23.2 Å². The van der Waals surface area contributed by atoms with Crippen LogP contribution in [-0.2, 0) is 13.2 Å². The summed E-state index contributed by atoms with van der Waals surface area (Å²) in [7, 11) is 1.05. The molecule has 162 valence electrons. The summed E-state index contributed by atoms with van der Waals surface area (Å²) in [5, 5.41) is 10.7. The molecule has 0 aliphatic heterocycles. The Hall–Kier alpha value is -3.87. The molecule has 0 amide bonds. The van der Waals surface area contributed by atoms with Crippen LogP contribution in [-0.4, -0.2) is 19.0 Å². The van der Waals surface area contributed by atoms with E-state index in [9.17, 15) is 37.7 Å². The molecule has 10 nitrogen and oxygen atoms in total. The summed E-state index contributed by atoms with van der Waals surface area (Å²) < 4.78 is 44.7. The van der Waals surface area contributed by atoms with Gasteiger partial charge in [-0.2, -0.15) is 13.2 Å². The van der Waals surface area contributed by atoms with E-state index in [1.54, 1.807) is 0 Å². The predicted molar refractivity (Wildman–Crippen MR) is 101 cm³/mol. The molecule has 1 N–H and O–H groups in total. The molecule has 2 aromatic carbocycles. The summed E-state index contributed by atoms with van der Waals surface area (Å²) in [6.07, 6.45) is -4.68. The van der Waals surface area contributed by atoms with Gasteiger partial charge in [-0.05, 0) is 18.2 Å². The average Bonchev–Trinajstić information content (AvgIpc) is 2.65. The molecule has 1 aromatic heterocycles. The molecule has 0 atom stereocenters. The van der Waals surface area contributed by atoms with Crippen LogP contribution in [0.5, 0.6) is 11.5 Å². The summed E-state index contributed by atoms with van der Waals surface area (Å²) >= 11 is 5.64. The molecule has 0 bridgehead atoms. The van der Waals surface area contributed by atoms with Crippen molar-refractivity contribution in [2.24, 2.45) is 7.05 Å². The average molecular weight is 459 g/mol. The molecule has 0 aliphatic carbocycles. The zero-order valence-electron chi connectivity index (χ0n) is 15.3. The smallest absolute Gasteiger partial charge is 0.417 e. The topological polar surface area (TPSA) is 129 Å². The first-order valence-corrected chi connectivity index (χ1v) is 8.53. The van der Waals surface area contributed by atoms with Crippen LogP contribution in [0.15, 0.2) is 50.8 Å². The third-order valence-corrected chi connectivity index (χ3v) is 4.38. The summed E-state index contributed by atoms with van der Waals surface area (Å²) in [6, 6.07) is 5.52. The zero-order valence-corrected chi connectivity index (χ0v) is 16.0. The Labute approximate surface area is 173 Å². The molecule has 14 heteroatoms. The van der Waals surface area contributed by atoms with E-state index in [2.05, 4.69) is 0 Å². The van der Waals surface area contributed by atoms with E-state index >= 15 is 0 Å². The van der Waals surface area contributed by atoms with E-state index in [0.29, 0.717) is 15.2 Å². The molecule has 1 heterocycles. The molecular formula is C17H10ClF3N4O6. The van der Waals surface area contributed by atoms with Crippen LogP contribution in [0.25, 0.3) is 5.69 Å². The van der Waals surface area contributed by atoms with Gasteiger partial charge in [-0.15, -0.1) is 0 Å². The van der Waals surface area contributed by atoms with E-state index in [-0.39, 0.29) is 11.5 Å². The number of rotatable bonds is 4. The highest BCUT2D eigenvalue weighted by Crippen LogP contribution is 2.37. The maximum atomic E-state index is 12.8. The van der Waals surface area contributed by atoms with E-state index in [4.69, 9.17) is 16.3 Å². The second kappa shape index (κ2) is 7.75. The minimum Gasteiger partial charge on any atom is -0.457 e. The lowest BCUT2D eigenvalue weighted by Crippen LogP contribution is -2.47. The van der Waals surface area contributed by atoms with Crippen molar-refractivity contribution in [3.8, 4) is 17.2 Å². The van der Waals surface area contributed by atoms with Gasteiger partial charge in [-0.25, -0.2) is 23.5 Å². The summed E-state index contributed by atoms with van der Waals surface area (Å²) in [5.74, 6) is -0.295. The first-order valence-electron chi connectivity index (χ1n) is 8.16. The Bertz CT molecular complexity index is 1380. The third kappa shape index (κ3) is 4.21. The summed E-state index contributed by atoms with van der Waals surface area (Å²) in [6.45, 7) is 0. The Morgan fingerprint density at radius 3 is 2.26 bits per heavy atom. The molecule has 0 unspecified atom stereocenters. The number of nitro benzene ring substituents is 1. The fraction of sp³-hybridized carbons (Fsp3) is 0.118. The first kappa shape index (κ1) is 21.8. The first-order chi connectivity index (χ1) is 14.4. The molecule has 0 saturated heterocycles. The van der Waals surface area contributed by atoms with Gasteiger partial charge in [0.2, 0.25) is 0 Å². The van der Waals surface area contributed by atoms with E-state index < -0.39 is 50.1 Å². The molecular weight excluding hydrogens is 449 g/mol. The number of hydrogen-bond acceptors (Lipinski definition) is 6. The lowest BCUT2D eigenvalue weighted by Gasteiger charge is -2.12. The van der Waals surface area contributed by atoms with Crippen LogP contribution in [0, 0.1) is 10.1 Å². The number of hydrogen-bond donors (Lipinski definition) is 1. The Balaban J connectivity index is 2.13. The van der Waals surface area contributed by atoms with Crippen LogP contribution in [0.1, 0.15) is 5.56 Å². The van der Waals surface area contributed by atoms with Crippen LogP contribution < -0.4 is 21.8 Å². The van der Waals surface area contributed by atoms with E-state index in [1.807, 2.05) is 4.98 Å². The zero-order chi connectivity index (χ0) is 23.1. The maximum absolute atomic E-state index is 12.8. The maximum Gasteiger partial charge on any atom is 0.417 e. The van der Waals surface area contributed by atoms with Crippen molar-refractivity contribution < 1.29 is 22.8 Å². The third-order valence-electron chi connectivity index (χ3n) is 4.07. The number of alkyl halides is 3. The monoisotopic (exact) mass is 458 g/mol. The van der Waals surface area contributed by atoms with Gasteiger partial charge in [0.05, 0.1) is 15.5 Å². The molecule has 31 heavy (non-hydrogen) atoms. The van der Waals surface area contributed by atoms with E-state index in [0.717, 1.165) is 37.4 Å². The van der Waals surface area contributed by atoms with Gasteiger partial charge in [-0.1, -0.05) is 11.6 Å².